The van der Waals surface area contributed by atoms with Crippen LogP contribution in [0.3, 0.4) is 0 Å². The number of esters is 1. The van der Waals surface area contributed by atoms with Gasteiger partial charge in [0.05, 0.1) is 7.11 Å². The van der Waals surface area contributed by atoms with Gasteiger partial charge in [-0.3, -0.25) is 4.68 Å². The highest BCUT2D eigenvalue weighted by molar-refractivity contribution is 9.10. The maximum Gasteiger partial charge on any atom is 0.333 e. The van der Waals surface area contributed by atoms with Crippen molar-refractivity contribution in [2.24, 2.45) is 0 Å². The molecule has 1 saturated carbocycles. The maximum absolute atomic E-state index is 12.0. The summed E-state index contributed by atoms with van der Waals surface area (Å²) in [6, 6.07) is 1.85. The van der Waals surface area contributed by atoms with Crippen molar-refractivity contribution in [3.05, 3.63) is 16.9 Å². The third-order valence-electron chi connectivity index (χ3n) is 3.24. The highest BCUT2D eigenvalue weighted by Gasteiger charge is 2.43. The average molecular weight is 287 g/mol. The van der Waals surface area contributed by atoms with E-state index in [1.54, 1.807) is 4.68 Å². The number of ether oxygens (including phenoxy) is 1. The van der Waals surface area contributed by atoms with Crippen LogP contribution in [0.15, 0.2) is 16.9 Å². The van der Waals surface area contributed by atoms with E-state index in [1.807, 2.05) is 12.3 Å². The molecule has 1 aliphatic carbocycles. The molecule has 0 N–H and O–H groups in total. The first-order valence-corrected chi connectivity index (χ1v) is 6.28. The van der Waals surface area contributed by atoms with E-state index in [9.17, 15) is 4.79 Å². The van der Waals surface area contributed by atoms with E-state index in [2.05, 4.69) is 21.0 Å². The molecular formula is C11H15BrN2O2. The Morgan fingerprint density at radius 3 is 2.69 bits per heavy atom. The van der Waals surface area contributed by atoms with Crippen LogP contribution in [0, 0.1) is 0 Å². The number of hydrogen-bond acceptors (Lipinski definition) is 3. The van der Waals surface area contributed by atoms with E-state index in [0.717, 1.165) is 30.3 Å². The summed E-state index contributed by atoms with van der Waals surface area (Å²) in [6.45, 7) is 0. The summed E-state index contributed by atoms with van der Waals surface area (Å²) < 4.78 is 7.44. The van der Waals surface area contributed by atoms with Gasteiger partial charge in [-0.1, -0.05) is 19.3 Å². The monoisotopic (exact) mass is 286 g/mol. The van der Waals surface area contributed by atoms with E-state index in [0.29, 0.717) is 0 Å². The Balaban J connectivity index is 2.37. The summed E-state index contributed by atoms with van der Waals surface area (Å²) in [7, 11) is 1.44. The summed E-state index contributed by atoms with van der Waals surface area (Å²) in [5, 5.41) is 4.31. The van der Waals surface area contributed by atoms with Gasteiger partial charge in [0.25, 0.3) is 0 Å². The van der Waals surface area contributed by atoms with Gasteiger partial charge >= 0.3 is 5.97 Å². The van der Waals surface area contributed by atoms with Gasteiger partial charge < -0.3 is 4.74 Å². The summed E-state index contributed by atoms with van der Waals surface area (Å²) in [5.41, 5.74) is -0.584. The third-order valence-corrected chi connectivity index (χ3v) is 3.66. The minimum Gasteiger partial charge on any atom is -0.467 e. The molecule has 0 radical (unpaired) electrons. The van der Waals surface area contributed by atoms with Gasteiger partial charge in [0.2, 0.25) is 0 Å². The van der Waals surface area contributed by atoms with Gasteiger partial charge in [0.15, 0.2) is 5.54 Å². The van der Waals surface area contributed by atoms with E-state index in [-0.39, 0.29) is 5.97 Å². The molecule has 1 fully saturated rings. The SMILES string of the molecule is COC(=O)C1(n2ccc(Br)n2)CCCCC1. The van der Waals surface area contributed by atoms with Crippen LogP contribution in [0.2, 0.25) is 0 Å². The molecule has 0 unspecified atom stereocenters. The molecule has 88 valence electrons. The van der Waals surface area contributed by atoms with Crippen LogP contribution in [0.1, 0.15) is 32.1 Å². The normalized spacial score (nSPS) is 19.4. The Morgan fingerprint density at radius 1 is 1.50 bits per heavy atom. The molecular weight excluding hydrogens is 272 g/mol. The molecule has 1 heterocycles. The molecule has 1 aromatic heterocycles. The van der Waals surface area contributed by atoms with Crippen molar-refractivity contribution in [1.82, 2.24) is 9.78 Å². The Kier molecular flexibility index (Phi) is 3.33. The number of rotatable bonds is 2. The molecule has 5 heteroatoms. The van der Waals surface area contributed by atoms with Crippen LogP contribution < -0.4 is 0 Å². The number of halogens is 1. The van der Waals surface area contributed by atoms with E-state index in [4.69, 9.17) is 4.74 Å². The quantitative estimate of drug-likeness (QED) is 0.785. The lowest BCUT2D eigenvalue weighted by Gasteiger charge is -2.34. The third kappa shape index (κ3) is 1.88. The number of carbonyl (C=O) groups excluding carboxylic acids is 1. The lowest BCUT2D eigenvalue weighted by Crippen LogP contribution is -2.44. The lowest BCUT2D eigenvalue weighted by atomic mass is 9.82. The predicted molar refractivity (Wildman–Crippen MR) is 63.0 cm³/mol. The zero-order valence-electron chi connectivity index (χ0n) is 9.28. The molecule has 1 aliphatic rings. The van der Waals surface area contributed by atoms with E-state index >= 15 is 0 Å². The lowest BCUT2D eigenvalue weighted by molar-refractivity contribution is -0.154. The summed E-state index contributed by atoms with van der Waals surface area (Å²) in [4.78, 5) is 12.0. The summed E-state index contributed by atoms with van der Waals surface area (Å²) >= 11 is 3.31. The first-order valence-electron chi connectivity index (χ1n) is 5.49. The van der Waals surface area contributed by atoms with Crippen molar-refractivity contribution in [1.29, 1.82) is 0 Å². The molecule has 0 atom stereocenters. The van der Waals surface area contributed by atoms with Gasteiger partial charge in [-0.05, 0) is 34.8 Å². The van der Waals surface area contributed by atoms with Crippen molar-refractivity contribution in [3.63, 3.8) is 0 Å². The molecule has 2 rings (SSSR count). The molecule has 1 aromatic rings. The average Bonchev–Trinajstić information content (AvgIpc) is 2.76. The largest absolute Gasteiger partial charge is 0.467 e. The van der Waals surface area contributed by atoms with Crippen molar-refractivity contribution in [3.8, 4) is 0 Å². The molecule has 0 spiro atoms. The standard InChI is InChI=1S/C11H15BrN2O2/c1-16-10(15)11(6-3-2-4-7-11)14-8-5-9(12)13-14/h5,8H,2-4,6-7H2,1H3. The topological polar surface area (TPSA) is 44.1 Å². The van der Waals surface area contributed by atoms with Crippen molar-refractivity contribution >= 4 is 21.9 Å². The van der Waals surface area contributed by atoms with Crippen LogP contribution in [0.25, 0.3) is 0 Å². The zero-order chi connectivity index (χ0) is 11.6. The summed E-state index contributed by atoms with van der Waals surface area (Å²) in [6.07, 6.45) is 6.74. The number of aromatic nitrogens is 2. The number of carbonyl (C=O) groups is 1. The first-order chi connectivity index (χ1) is 7.69. The predicted octanol–water partition coefficient (Wildman–Crippen LogP) is 2.48. The van der Waals surface area contributed by atoms with Gasteiger partial charge in [0.1, 0.15) is 4.60 Å². The molecule has 0 bridgehead atoms. The van der Waals surface area contributed by atoms with Crippen LogP contribution in [-0.2, 0) is 15.1 Å². The first kappa shape index (κ1) is 11.6. The summed E-state index contributed by atoms with van der Waals surface area (Å²) in [5.74, 6) is -0.178. The number of methoxy groups -OCH3 is 1. The molecule has 16 heavy (non-hydrogen) atoms. The fourth-order valence-corrected chi connectivity index (χ4v) is 2.68. The smallest absolute Gasteiger partial charge is 0.333 e. The van der Waals surface area contributed by atoms with Gasteiger partial charge in [0, 0.05) is 6.20 Å². The Labute approximate surface area is 103 Å². The second kappa shape index (κ2) is 4.57. The van der Waals surface area contributed by atoms with Crippen LogP contribution in [-0.4, -0.2) is 22.9 Å². The van der Waals surface area contributed by atoms with E-state index in [1.165, 1.54) is 13.5 Å². The Morgan fingerprint density at radius 2 is 2.19 bits per heavy atom. The second-order valence-corrected chi connectivity index (χ2v) is 4.98. The van der Waals surface area contributed by atoms with Crippen LogP contribution in [0.5, 0.6) is 0 Å². The minimum atomic E-state index is -0.584. The molecule has 4 nitrogen and oxygen atoms in total. The van der Waals surface area contributed by atoms with Crippen molar-refractivity contribution in [2.45, 2.75) is 37.6 Å². The van der Waals surface area contributed by atoms with Gasteiger partial charge in [-0.2, -0.15) is 5.10 Å². The fourth-order valence-electron chi connectivity index (χ4n) is 2.39. The van der Waals surface area contributed by atoms with Crippen molar-refractivity contribution in [2.75, 3.05) is 7.11 Å². The molecule has 0 aromatic carbocycles. The van der Waals surface area contributed by atoms with Crippen molar-refractivity contribution < 1.29 is 9.53 Å². The molecule has 0 aliphatic heterocycles. The minimum absolute atomic E-state index is 0.178. The zero-order valence-corrected chi connectivity index (χ0v) is 10.9. The molecule has 0 amide bonds. The number of hydrogen-bond donors (Lipinski definition) is 0. The highest BCUT2D eigenvalue weighted by Crippen LogP contribution is 2.35. The number of nitrogens with zero attached hydrogens (tertiary/aromatic N) is 2. The maximum atomic E-state index is 12.0. The Bertz CT molecular complexity index is 383. The van der Waals surface area contributed by atoms with Crippen LogP contribution >= 0.6 is 15.9 Å². The fraction of sp³-hybridized carbons (Fsp3) is 0.636. The second-order valence-electron chi connectivity index (χ2n) is 4.17. The van der Waals surface area contributed by atoms with E-state index < -0.39 is 5.54 Å². The Hall–Kier alpha value is -0.840. The van der Waals surface area contributed by atoms with Gasteiger partial charge in [-0.25, -0.2) is 4.79 Å². The van der Waals surface area contributed by atoms with Gasteiger partial charge in [-0.15, -0.1) is 0 Å². The van der Waals surface area contributed by atoms with Crippen LogP contribution in [0.4, 0.5) is 0 Å². The highest BCUT2D eigenvalue weighted by atomic mass is 79.9. The molecule has 0 saturated heterocycles.